The Labute approximate surface area is 127 Å². The number of aryl methyl sites for hydroxylation is 1. The number of aliphatic hydroxyl groups is 1. The van der Waals surface area contributed by atoms with Crippen molar-refractivity contribution >= 4 is 0 Å². The summed E-state index contributed by atoms with van der Waals surface area (Å²) in [5.74, 6) is 1.32. The Balaban J connectivity index is 1.84. The van der Waals surface area contributed by atoms with Crippen LogP contribution in [0.2, 0.25) is 0 Å². The van der Waals surface area contributed by atoms with Crippen LogP contribution in [0, 0.1) is 0 Å². The van der Waals surface area contributed by atoms with Gasteiger partial charge in [-0.15, -0.1) is 0 Å². The standard InChI is InChI=1S/C18H26O3/c1-2-3-4-7-12-10-15(20)17-13-8-5-6-9-14(19)18(13)21-16(17)11-12/h10-11,13-14,18-20H,2-9H2,1H3. The van der Waals surface area contributed by atoms with Crippen LogP contribution in [0.15, 0.2) is 12.1 Å². The molecule has 3 nitrogen and oxygen atoms in total. The molecule has 0 spiro atoms. The van der Waals surface area contributed by atoms with Gasteiger partial charge in [-0.1, -0.05) is 32.6 Å². The van der Waals surface area contributed by atoms with Crippen LogP contribution in [-0.2, 0) is 6.42 Å². The van der Waals surface area contributed by atoms with Crippen molar-refractivity contribution in [3.05, 3.63) is 23.3 Å². The maximum Gasteiger partial charge on any atom is 0.132 e. The molecule has 0 amide bonds. The van der Waals surface area contributed by atoms with E-state index in [1.54, 1.807) is 0 Å². The van der Waals surface area contributed by atoms with Crippen molar-refractivity contribution in [3.8, 4) is 11.5 Å². The number of aliphatic hydroxyl groups excluding tert-OH is 1. The number of benzene rings is 1. The quantitative estimate of drug-likeness (QED) is 0.827. The topological polar surface area (TPSA) is 49.7 Å². The molecule has 116 valence electrons. The summed E-state index contributed by atoms with van der Waals surface area (Å²) in [7, 11) is 0. The van der Waals surface area contributed by atoms with E-state index in [2.05, 4.69) is 13.0 Å². The van der Waals surface area contributed by atoms with Crippen molar-refractivity contribution in [2.75, 3.05) is 0 Å². The van der Waals surface area contributed by atoms with Crippen LogP contribution in [0.25, 0.3) is 0 Å². The Bertz CT molecular complexity index is 497. The maximum absolute atomic E-state index is 10.4. The number of phenolic OH excluding ortho intramolecular Hbond substituents is 1. The highest BCUT2D eigenvalue weighted by molar-refractivity contribution is 5.53. The van der Waals surface area contributed by atoms with Gasteiger partial charge in [0.25, 0.3) is 0 Å². The normalized spacial score (nSPS) is 27.6. The molecule has 2 N–H and O–H groups in total. The Hall–Kier alpha value is -1.22. The summed E-state index contributed by atoms with van der Waals surface area (Å²) in [5, 5.41) is 20.7. The fourth-order valence-corrected chi connectivity index (χ4v) is 3.79. The Kier molecular flexibility index (Phi) is 4.39. The number of fused-ring (bicyclic) bond motifs is 3. The number of aromatic hydroxyl groups is 1. The molecule has 1 heterocycles. The van der Waals surface area contributed by atoms with Crippen LogP contribution in [0.3, 0.4) is 0 Å². The summed E-state index contributed by atoms with van der Waals surface area (Å²) < 4.78 is 6.02. The molecule has 0 bridgehead atoms. The molecule has 3 heteroatoms. The lowest BCUT2D eigenvalue weighted by atomic mass is 9.89. The van der Waals surface area contributed by atoms with E-state index in [0.29, 0.717) is 5.75 Å². The summed E-state index contributed by atoms with van der Waals surface area (Å²) in [5.41, 5.74) is 2.07. The second kappa shape index (κ2) is 6.27. The lowest BCUT2D eigenvalue weighted by molar-refractivity contribution is 0.0361. The number of rotatable bonds is 4. The predicted octanol–water partition coefficient (Wildman–Crippen LogP) is 3.90. The van der Waals surface area contributed by atoms with Crippen LogP contribution < -0.4 is 4.74 Å². The average Bonchev–Trinajstić information content (AvgIpc) is 2.74. The van der Waals surface area contributed by atoms with E-state index < -0.39 is 6.10 Å². The molecule has 0 saturated heterocycles. The second-order valence-corrected chi connectivity index (χ2v) is 6.52. The number of unbranched alkanes of at least 4 members (excludes halogenated alkanes) is 2. The third-order valence-corrected chi connectivity index (χ3v) is 4.92. The first-order valence-electron chi connectivity index (χ1n) is 8.41. The van der Waals surface area contributed by atoms with Gasteiger partial charge in [0.2, 0.25) is 0 Å². The molecule has 1 saturated carbocycles. The first-order valence-corrected chi connectivity index (χ1v) is 8.41. The molecule has 21 heavy (non-hydrogen) atoms. The van der Waals surface area contributed by atoms with E-state index in [1.165, 1.54) is 12.8 Å². The molecule has 3 rings (SSSR count). The molecule has 2 aliphatic rings. The van der Waals surface area contributed by atoms with Gasteiger partial charge in [0.05, 0.1) is 6.10 Å². The zero-order valence-corrected chi connectivity index (χ0v) is 12.8. The number of hydrogen-bond donors (Lipinski definition) is 2. The summed E-state index contributed by atoms with van der Waals surface area (Å²) in [6.45, 7) is 2.19. The summed E-state index contributed by atoms with van der Waals surface area (Å²) in [6, 6.07) is 3.98. The third-order valence-electron chi connectivity index (χ3n) is 4.92. The van der Waals surface area contributed by atoms with Gasteiger partial charge in [-0.25, -0.2) is 0 Å². The smallest absolute Gasteiger partial charge is 0.132 e. The minimum atomic E-state index is -0.409. The Morgan fingerprint density at radius 3 is 2.81 bits per heavy atom. The van der Waals surface area contributed by atoms with Crippen LogP contribution in [0.4, 0.5) is 0 Å². The minimum Gasteiger partial charge on any atom is -0.508 e. The molecule has 1 fully saturated rings. The first-order chi connectivity index (χ1) is 10.2. The van der Waals surface area contributed by atoms with Crippen LogP contribution in [0.5, 0.6) is 11.5 Å². The zero-order chi connectivity index (χ0) is 14.8. The Morgan fingerprint density at radius 2 is 2.00 bits per heavy atom. The third kappa shape index (κ3) is 2.89. The van der Waals surface area contributed by atoms with Gasteiger partial charge in [-0.2, -0.15) is 0 Å². The van der Waals surface area contributed by atoms with E-state index in [9.17, 15) is 10.2 Å². The van der Waals surface area contributed by atoms with Crippen molar-refractivity contribution < 1.29 is 14.9 Å². The van der Waals surface area contributed by atoms with Crippen LogP contribution >= 0.6 is 0 Å². The van der Waals surface area contributed by atoms with Gasteiger partial charge < -0.3 is 14.9 Å². The van der Waals surface area contributed by atoms with Gasteiger partial charge in [0, 0.05) is 11.5 Å². The SMILES string of the molecule is CCCCCc1cc(O)c2c(c1)OC1C(O)CCCCC21. The first kappa shape index (κ1) is 14.7. The van der Waals surface area contributed by atoms with Crippen molar-refractivity contribution in [2.45, 2.75) is 76.4 Å². The number of phenols is 1. The number of hydrogen-bond acceptors (Lipinski definition) is 3. The maximum atomic E-state index is 10.4. The lowest BCUT2D eigenvalue weighted by Gasteiger charge is -2.20. The molecular weight excluding hydrogens is 264 g/mol. The predicted molar refractivity (Wildman–Crippen MR) is 83.0 cm³/mol. The van der Waals surface area contributed by atoms with E-state index in [4.69, 9.17) is 4.74 Å². The van der Waals surface area contributed by atoms with E-state index >= 15 is 0 Å². The molecule has 3 unspecified atom stereocenters. The van der Waals surface area contributed by atoms with Crippen molar-refractivity contribution in [1.29, 1.82) is 0 Å². The monoisotopic (exact) mass is 290 g/mol. The van der Waals surface area contributed by atoms with Gasteiger partial charge in [0.15, 0.2) is 0 Å². The molecule has 1 aromatic carbocycles. The molecule has 1 aliphatic carbocycles. The highest BCUT2D eigenvalue weighted by Crippen LogP contribution is 2.49. The van der Waals surface area contributed by atoms with Gasteiger partial charge in [-0.3, -0.25) is 0 Å². The molecular formula is C18H26O3. The van der Waals surface area contributed by atoms with Crippen LogP contribution in [0.1, 0.15) is 68.9 Å². The summed E-state index contributed by atoms with van der Waals surface area (Å²) in [6.07, 6.45) is 7.90. The fourth-order valence-electron chi connectivity index (χ4n) is 3.79. The van der Waals surface area contributed by atoms with Gasteiger partial charge in [-0.05, 0) is 43.4 Å². The van der Waals surface area contributed by atoms with Crippen molar-refractivity contribution in [3.63, 3.8) is 0 Å². The zero-order valence-electron chi connectivity index (χ0n) is 12.8. The van der Waals surface area contributed by atoms with Gasteiger partial charge >= 0.3 is 0 Å². The van der Waals surface area contributed by atoms with E-state index in [-0.39, 0.29) is 12.0 Å². The van der Waals surface area contributed by atoms with Crippen LogP contribution in [-0.4, -0.2) is 22.4 Å². The average molecular weight is 290 g/mol. The summed E-state index contributed by atoms with van der Waals surface area (Å²) >= 11 is 0. The van der Waals surface area contributed by atoms with Crippen molar-refractivity contribution in [1.82, 2.24) is 0 Å². The molecule has 0 aromatic heterocycles. The molecule has 1 aromatic rings. The minimum absolute atomic E-state index is 0.155. The molecule has 3 atom stereocenters. The fraction of sp³-hybridized carbons (Fsp3) is 0.667. The lowest BCUT2D eigenvalue weighted by Crippen LogP contribution is -2.31. The Morgan fingerprint density at radius 1 is 1.19 bits per heavy atom. The highest BCUT2D eigenvalue weighted by atomic mass is 16.5. The number of ether oxygens (including phenoxy) is 1. The van der Waals surface area contributed by atoms with Gasteiger partial charge in [0.1, 0.15) is 17.6 Å². The molecule has 0 radical (unpaired) electrons. The summed E-state index contributed by atoms with van der Waals surface area (Å²) in [4.78, 5) is 0. The highest BCUT2D eigenvalue weighted by Gasteiger charge is 2.41. The van der Waals surface area contributed by atoms with Crippen molar-refractivity contribution in [2.24, 2.45) is 0 Å². The second-order valence-electron chi connectivity index (χ2n) is 6.52. The van der Waals surface area contributed by atoms with E-state index in [1.807, 2.05) is 6.07 Å². The van der Waals surface area contributed by atoms with E-state index in [0.717, 1.165) is 55.4 Å². The molecule has 1 aliphatic heterocycles. The largest absolute Gasteiger partial charge is 0.508 e.